The van der Waals surface area contributed by atoms with Gasteiger partial charge in [0.15, 0.2) is 0 Å². The fraction of sp³-hybridized carbons (Fsp3) is 0.267. The van der Waals surface area contributed by atoms with Crippen molar-refractivity contribution in [3.8, 4) is 5.75 Å². The third-order valence-electron chi connectivity index (χ3n) is 2.27. The molecule has 0 saturated carbocycles. The fourth-order valence-electron chi connectivity index (χ4n) is 1.37. The Morgan fingerprint density at radius 3 is 2.72 bits per heavy atom. The highest BCUT2D eigenvalue weighted by Crippen LogP contribution is 2.12. The normalized spacial score (nSPS) is 10.3. The Morgan fingerprint density at radius 1 is 1.39 bits per heavy atom. The third-order valence-corrected chi connectivity index (χ3v) is 2.27. The molecule has 0 unspecified atom stereocenters. The first-order chi connectivity index (χ1) is 8.76. The zero-order valence-electron chi connectivity index (χ0n) is 10.7. The topological polar surface area (TPSA) is 38.3 Å². The molecule has 0 saturated heterocycles. The quantitative estimate of drug-likeness (QED) is 0.456. The highest BCUT2D eigenvalue weighted by atomic mass is 16.5. The van der Waals surface area contributed by atoms with Crippen molar-refractivity contribution in [3.63, 3.8) is 0 Å². The molecule has 0 atom stereocenters. The van der Waals surface area contributed by atoms with E-state index in [-0.39, 0.29) is 5.91 Å². The predicted molar refractivity (Wildman–Crippen MR) is 74.5 cm³/mol. The van der Waals surface area contributed by atoms with E-state index in [1.807, 2.05) is 31.2 Å². The SMILES string of the molecule is C=CCCNC(=O)/C=C/c1ccc(OCC)cc1. The minimum atomic E-state index is -0.0919. The first kappa shape index (κ1) is 14.0. The first-order valence-electron chi connectivity index (χ1n) is 6.06. The number of nitrogens with one attached hydrogen (secondary N) is 1. The van der Waals surface area contributed by atoms with E-state index in [0.717, 1.165) is 17.7 Å². The second kappa shape index (κ2) is 8.12. The summed E-state index contributed by atoms with van der Waals surface area (Å²) < 4.78 is 5.34. The van der Waals surface area contributed by atoms with E-state index in [2.05, 4.69) is 11.9 Å². The van der Waals surface area contributed by atoms with E-state index < -0.39 is 0 Å². The molecular weight excluding hydrogens is 226 g/mol. The molecule has 0 spiro atoms. The van der Waals surface area contributed by atoms with Crippen molar-refractivity contribution in [3.05, 3.63) is 48.6 Å². The number of hydrogen-bond donors (Lipinski definition) is 1. The molecule has 0 radical (unpaired) electrons. The number of benzene rings is 1. The van der Waals surface area contributed by atoms with Crippen molar-refractivity contribution >= 4 is 12.0 Å². The van der Waals surface area contributed by atoms with E-state index in [0.29, 0.717) is 13.2 Å². The average molecular weight is 245 g/mol. The molecule has 3 heteroatoms. The average Bonchev–Trinajstić information content (AvgIpc) is 2.39. The lowest BCUT2D eigenvalue weighted by atomic mass is 10.2. The largest absolute Gasteiger partial charge is 0.494 e. The molecule has 0 bridgehead atoms. The number of amides is 1. The van der Waals surface area contributed by atoms with Crippen LogP contribution in [0.25, 0.3) is 6.08 Å². The molecule has 1 aromatic carbocycles. The fourth-order valence-corrected chi connectivity index (χ4v) is 1.37. The molecule has 0 aliphatic rings. The molecule has 3 nitrogen and oxygen atoms in total. The van der Waals surface area contributed by atoms with Gasteiger partial charge >= 0.3 is 0 Å². The van der Waals surface area contributed by atoms with E-state index in [1.165, 1.54) is 6.08 Å². The van der Waals surface area contributed by atoms with E-state index in [1.54, 1.807) is 12.2 Å². The van der Waals surface area contributed by atoms with Crippen molar-refractivity contribution in [2.75, 3.05) is 13.2 Å². The van der Waals surface area contributed by atoms with Crippen LogP contribution in [0.4, 0.5) is 0 Å². The Kier molecular flexibility index (Phi) is 6.33. The maximum Gasteiger partial charge on any atom is 0.244 e. The lowest BCUT2D eigenvalue weighted by Gasteiger charge is -2.02. The van der Waals surface area contributed by atoms with Gasteiger partial charge in [-0.3, -0.25) is 4.79 Å². The van der Waals surface area contributed by atoms with Crippen LogP contribution in [0.3, 0.4) is 0 Å². The van der Waals surface area contributed by atoms with E-state index in [9.17, 15) is 4.79 Å². The number of hydrogen-bond acceptors (Lipinski definition) is 2. The van der Waals surface area contributed by atoms with Crippen LogP contribution in [-0.4, -0.2) is 19.1 Å². The zero-order valence-corrected chi connectivity index (χ0v) is 10.7. The summed E-state index contributed by atoms with van der Waals surface area (Å²) in [6, 6.07) is 7.61. The Bertz CT molecular complexity index is 407. The summed E-state index contributed by atoms with van der Waals surface area (Å²) in [5.41, 5.74) is 0.970. The lowest BCUT2D eigenvalue weighted by Crippen LogP contribution is -2.21. The van der Waals surface area contributed by atoms with E-state index >= 15 is 0 Å². The number of carbonyl (C=O) groups excluding carboxylic acids is 1. The number of carbonyl (C=O) groups is 1. The van der Waals surface area contributed by atoms with Crippen LogP contribution in [-0.2, 0) is 4.79 Å². The minimum absolute atomic E-state index is 0.0919. The van der Waals surface area contributed by atoms with Gasteiger partial charge in [0.1, 0.15) is 5.75 Å². The van der Waals surface area contributed by atoms with Gasteiger partial charge in [-0.15, -0.1) is 6.58 Å². The van der Waals surface area contributed by atoms with Crippen molar-refractivity contribution < 1.29 is 9.53 Å². The molecule has 0 aliphatic carbocycles. The standard InChI is InChI=1S/C15H19NO2/c1-3-5-12-16-15(17)11-8-13-6-9-14(10-7-13)18-4-2/h3,6-11H,1,4-5,12H2,2H3,(H,16,17)/b11-8+. The Morgan fingerprint density at radius 2 is 2.11 bits per heavy atom. The van der Waals surface area contributed by atoms with Gasteiger partial charge in [0, 0.05) is 12.6 Å². The van der Waals surface area contributed by atoms with Crippen LogP contribution < -0.4 is 10.1 Å². The molecule has 96 valence electrons. The zero-order chi connectivity index (χ0) is 13.2. The van der Waals surface area contributed by atoms with Gasteiger partial charge in [0.2, 0.25) is 5.91 Å². The van der Waals surface area contributed by atoms with Gasteiger partial charge in [-0.25, -0.2) is 0 Å². The summed E-state index contributed by atoms with van der Waals surface area (Å²) >= 11 is 0. The van der Waals surface area contributed by atoms with Crippen LogP contribution in [0, 0.1) is 0 Å². The van der Waals surface area contributed by atoms with Gasteiger partial charge in [-0.1, -0.05) is 18.2 Å². The molecular formula is C15H19NO2. The number of rotatable bonds is 7. The molecule has 0 aromatic heterocycles. The van der Waals surface area contributed by atoms with Crippen molar-refractivity contribution in [1.29, 1.82) is 0 Å². The van der Waals surface area contributed by atoms with Gasteiger partial charge in [-0.05, 0) is 37.1 Å². The van der Waals surface area contributed by atoms with Crippen LogP contribution in [0.1, 0.15) is 18.9 Å². The van der Waals surface area contributed by atoms with Gasteiger partial charge in [0.05, 0.1) is 6.61 Å². The summed E-state index contributed by atoms with van der Waals surface area (Å²) in [6.07, 6.45) is 5.86. The summed E-state index contributed by atoms with van der Waals surface area (Å²) in [6.45, 7) is 6.81. The summed E-state index contributed by atoms with van der Waals surface area (Å²) in [5, 5.41) is 2.76. The maximum absolute atomic E-state index is 11.4. The van der Waals surface area contributed by atoms with E-state index in [4.69, 9.17) is 4.74 Å². The Hall–Kier alpha value is -2.03. The second-order valence-corrected chi connectivity index (χ2v) is 3.70. The van der Waals surface area contributed by atoms with Crippen LogP contribution >= 0.6 is 0 Å². The summed E-state index contributed by atoms with van der Waals surface area (Å²) in [7, 11) is 0. The highest BCUT2D eigenvalue weighted by molar-refractivity contribution is 5.91. The second-order valence-electron chi connectivity index (χ2n) is 3.70. The maximum atomic E-state index is 11.4. The molecule has 0 fully saturated rings. The molecule has 1 rings (SSSR count). The third kappa shape index (κ3) is 5.34. The number of ether oxygens (including phenoxy) is 1. The Labute approximate surface area is 108 Å². The Balaban J connectivity index is 2.45. The predicted octanol–water partition coefficient (Wildman–Crippen LogP) is 2.79. The minimum Gasteiger partial charge on any atom is -0.494 e. The van der Waals surface area contributed by atoms with Gasteiger partial charge in [0.25, 0.3) is 0 Å². The first-order valence-corrected chi connectivity index (χ1v) is 6.06. The van der Waals surface area contributed by atoms with Crippen molar-refractivity contribution in [2.24, 2.45) is 0 Å². The lowest BCUT2D eigenvalue weighted by molar-refractivity contribution is -0.116. The molecule has 0 heterocycles. The summed E-state index contributed by atoms with van der Waals surface area (Å²) in [4.78, 5) is 11.4. The summed E-state index contributed by atoms with van der Waals surface area (Å²) in [5.74, 6) is 0.746. The molecule has 1 aromatic rings. The monoisotopic (exact) mass is 245 g/mol. The van der Waals surface area contributed by atoms with Gasteiger partial charge < -0.3 is 10.1 Å². The molecule has 18 heavy (non-hydrogen) atoms. The molecule has 1 N–H and O–H groups in total. The van der Waals surface area contributed by atoms with Gasteiger partial charge in [-0.2, -0.15) is 0 Å². The smallest absolute Gasteiger partial charge is 0.244 e. The highest BCUT2D eigenvalue weighted by Gasteiger charge is 1.94. The van der Waals surface area contributed by atoms with Crippen LogP contribution in [0.5, 0.6) is 5.75 Å². The molecule has 0 aliphatic heterocycles. The van der Waals surface area contributed by atoms with Crippen LogP contribution in [0.15, 0.2) is 43.0 Å². The van der Waals surface area contributed by atoms with Crippen molar-refractivity contribution in [1.82, 2.24) is 5.32 Å². The molecule has 1 amide bonds. The van der Waals surface area contributed by atoms with Crippen LogP contribution in [0.2, 0.25) is 0 Å². The van der Waals surface area contributed by atoms with Crippen molar-refractivity contribution in [2.45, 2.75) is 13.3 Å².